The maximum absolute atomic E-state index is 12.7. The van der Waals surface area contributed by atoms with Crippen molar-refractivity contribution in [2.45, 2.75) is 64.6 Å². The molecule has 1 atom stereocenters. The second-order valence-electron chi connectivity index (χ2n) is 9.95. The number of fused-ring (bicyclic) bond motifs is 1. The van der Waals surface area contributed by atoms with Crippen LogP contribution in [0.15, 0.2) is 48.5 Å². The fourth-order valence-electron chi connectivity index (χ4n) is 5.26. The van der Waals surface area contributed by atoms with Gasteiger partial charge in [-0.05, 0) is 60.6 Å². The number of anilines is 1. The third-order valence-corrected chi connectivity index (χ3v) is 8.47. The molecule has 1 saturated carbocycles. The number of benzene rings is 2. The van der Waals surface area contributed by atoms with Gasteiger partial charge >= 0.3 is 5.97 Å². The number of hydrogen-bond donors (Lipinski definition) is 1. The first-order chi connectivity index (χ1) is 18.0. The number of nitrogens with one attached hydrogen (secondary N) is 1. The summed E-state index contributed by atoms with van der Waals surface area (Å²) in [5.74, 6) is 0.0872. The molecule has 2 heterocycles. The number of nitrogens with zero attached hydrogens (tertiary/aromatic N) is 2. The van der Waals surface area contributed by atoms with E-state index in [1.807, 2.05) is 24.3 Å². The molecule has 1 aliphatic carbocycles. The van der Waals surface area contributed by atoms with Crippen molar-refractivity contribution < 1.29 is 14.3 Å². The minimum Gasteiger partial charge on any atom is -0.462 e. The van der Waals surface area contributed by atoms with Gasteiger partial charge in [0, 0.05) is 23.0 Å². The molecule has 0 saturated heterocycles. The van der Waals surface area contributed by atoms with Gasteiger partial charge < -0.3 is 10.1 Å². The lowest BCUT2D eigenvalue weighted by Crippen LogP contribution is -2.22. The number of rotatable bonds is 9. The first kappa shape index (κ1) is 25.9. The normalized spacial score (nSPS) is 17.6. The van der Waals surface area contributed by atoms with Gasteiger partial charge in [0.05, 0.1) is 30.3 Å². The zero-order valence-electron chi connectivity index (χ0n) is 21.0. The van der Waals surface area contributed by atoms with E-state index < -0.39 is 0 Å². The van der Waals surface area contributed by atoms with Crippen molar-refractivity contribution in [2.24, 2.45) is 5.92 Å². The van der Waals surface area contributed by atoms with Gasteiger partial charge in [0.1, 0.15) is 0 Å². The summed E-state index contributed by atoms with van der Waals surface area (Å²) in [5, 5.41) is 4.35. The van der Waals surface area contributed by atoms with Crippen molar-refractivity contribution in [2.75, 3.05) is 11.9 Å². The summed E-state index contributed by atoms with van der Waals surface area (Å²) in [4.78, 5) is 33.4. The van der Waals surface area contributed by atoms with E-state index in [0.717, 1.165) is 48.6 Å². The van der Waals surface area contributed by atoms with E-state index in [1.165, 1.54) is 23.3 Å². The molecule has 0 unspecified atom stereocenters. The van der Waals surface area contributed by atoms with Gasteiger partial charge in [-0.3, -0.25) is 9.69 Å². The standard InChI is InChI=1S/C29H32ClN3O3S/c1-2-24-27-25(17-33(24)16-20-9-13-23(30)14-10-20)37-29(32-27)31-26(34)15-19-7-11-22(12-8-19)28(35)36-18-21-5-3-4-6-21/h7-14,21,24H,2-6,15-18H2,1H3,(H,31,32,34)/t24-/m0/s1. The van der Waals surface area contributed by atoms with Crippen LogP contribution < -0.4 is 5.32 Å². The maximum atomic E-state index is 12.7. The molecule has 1 fully saturated rings. The van der Waals surface area contributed by atoms with Gasteiger partial charge in [0.15, 0.2) is 5.13 Å². The van der Waals surface area contributed by atoms with Crippen molar-refractivity contribution in [3.63, 3.8) is 0 Å². The molecular formula is C29H32ClN3O3S. The zero-order valence-corrected chi connectivity index (χ0v) is 22.6. The molecule has 0 spiro atoms. The van der Waals surface area contributed by atoms with Crippen LogP contribution in [-0.2, 0) is 29.0 Å². The fourth-order valence-corrected chi connectivity index (χ4v) is 6.45. The topological polar surface area (TPSA) is 71.5 Å². The largest absolute Gasteiger partial charge is 0.462 e. The number of aromatic nitrogens is 1. The monoisotopic (exact) mass is 537 g/mol. The zero-order chi connectivity index (χ0) is 25.8. The van der Waals surface area contributed by atoms with Crippen LogP contribution in [0.1, 0.15) is 77.1 Å². The molecule has 0 radical (unpaired) electrons. The molecule has 2 aliphatic rings. The van der Waals surface area contributed by atoms with E-state index in [4.69, 9.17) is 21.3 Å². The SMILES string of the molecule is CC[C@H]1c2nc(NC(=O)Cc3ccc(C(=O)OCC4CCCC4)cc3)sc2CN1Cc1ccc(Cl)cc1. The Bertz CT molecular complexity index is 1240. The molecule has 1 amide bonds. The molecule has 1 aliphatic heterocycles. The van der Waals surface area contributed by atoms with Crippen molar-refractivity contribution in [3.8, 4) is 0 Å². The third-order valence-electron chi connectivity index (χ3n) is 7.24. The van der Waals surface area contributed by atoms with Crippen molar-refractivity contribution >= 4 is 39.9 Å². The van der Waals surface area contributed by atoms with Gasteiger partial charge in [-0.15, -0.1) is 11.3 Å². The molecule has 37 heavy (non-hydrogen) atoms. The number of ether oxygens (including phenoxy) is 1. The summed E-state index contributed by atoms with van der Waals surface area (Å²) in [6.45, 7) is 4.33. The number of hydrogen-bond acceptors (Lipinski definition) is 6. The molecule has 2 aromatic carbocycles. The quantitative estimate of drug-likeness (QED) is 0.304. The summed E-state index contributed by atoms with van der Waals surface area (Å²) in [6, 6.07) is 15.3. The average molecular weight is 538 g/mol. The number of carbonyl (C=O) groups excluding carboxylic acids is 2. The van der Waals surface area contributed by atoms with Crippen LogP contribution in [0.5, 0.6) is 0 Å². The first-order valence-electron chi connectivity index (χ1n) is 13.0. The molecular weight excluding hydrogens is 506 g/mol. The fraction of sp³-hybridized carbons (Fsp3) is 0.414. The second-order valence-corrected chi connectivity index (χ2v) is 11.5. The Morgan fingerprint density at radius 1 is 1.08 bits per heavy atom. The molecule has 8 heteroatoms. The molecule has 5 rings (SSSR count). The second kappa shape index (κ2) is 11.8. The average Bonchev–Trinajstić information content (AvgIpc) is 3.61. The van der Waals surface area contributed by atoms with E-state index in [0.29, 0.717) is 23.2 Å². The Labute approximate surface area is 227 Å². The van der Waals surface area contributed by atoms with Crippen LogP contribution >= 0.6 is 22.9 Å². The van der Waals surface area contributed by atoms with E-state index in [-0.39, 0.29) is 24.3 Å². The van der Waals surface area contributed by atoms with E-state index in [9.17, 15) is 9.59 Å². The Balaban J connectivity index is 1.13. The van der Waals surface area contributed by atoms with E-state index in [1.54, 1.807) is 23.5 Å². The third kappa shape index (κ3) is 6.40. The summed E-state index contributed by atoms with van der Waals surface area (Å²) >= 11 is 7.58. The molecule has 1 aromatic heterocycles. The number of amides is 1. The van der Waals surface area contributed by atoms with Crippen LogP contribution in [0.3, 0.4) is 0 Å². The van der Waals surface area contributed by atoms with Crippen LogP contribution in [0, 0.1) is 5.92 Å². The smallest absolute Gasteiger partial charge is 0.338 e. The van der Waals surface area contributed by atoms with Crippen molar-refractivity contribution in [1.82, 2.24) is 9.88 Å². The number of carbonyl (C=O) groups is 2. The summed E-state index contributed by atoms with van der Waals surface area (Å²) < 4.78 is 5.47. The maximum Gasteiger partial charge on any atom is 0.338 e. The van der Waals surface area contributed by atoms with Gasteiger partial charge in [-0.1, -0.05) is 55.6 Å². The number of thiazole rings is 1. The van der Waals surface area contributed by atoms with Crippen molar-refractivity contribution in [3.05, 3.63) is 80.8 Å². The lowest BCUT2D eigenvalue weighted by molar-refractivity contribution is -0.115. The highest BCUT2D eigenvalue weighted by molar-refractivity contribution is 7.15. The van der Waals surface area contributed by atoms with E-state index >= 15 is 0 Å². The van der Waals surface area contributed by atoms with Gasteiger partial charge in [-0.2, -0.15) is 0 Å². The summed E-state index contributed by atoms with van der Waals surface area (Å²) in [5.41, 5.74) is 3.65. The predicted octanol–water partition coefficient (Wildman–Crippen LogP) is 6.79. The van der Waals surface area contributed by atoms with Crippen molar-refractivity contribution in [1.29, 1.82) is 0 Å². The Hall–Kier alpha value is -2.74. The van der Waals surface area contributed by atoms with Crippen LogP contribution in [-0.4, -0.2) is 28.4 Å². The molecule has 3 aromatic rings. The highest BCUT2D eigenvalue weighted by atomic mass is 35.5. The molecule has 194 valence electrons. The summed E-state index contributed by atoms with van der Waals surface area (Å²) in [6.07, 6.45) is 5.91. The number of esters is 1. The molecule has 6 nitrogen and oxygen atoms in total. The number of halogens is 1. The Kier molecular flexibility index (Phi) is 8.23. The van der Waals surface area contributed by atoms with Gasteiger partial charge in [-0.25, -0.2) is 9.78 Å². The highest BCUT2D eigenvalue weighted by Crippen LogP contribution is 2.41. The Morgan fingerprint density at radius 2 is 1.78 bits per heavy atom. The predicted molar refractivity (Wildman–Crippen MR) is 147 cm³/mol. The lowest BCUT2D eigenvalue weighted by Gasteiger charge is -2.23. The lowest BCUT2D eigenvalue weighted by atomic mass is 10.1. The molecule has 1 N–H and O–H groups in total. The van der Waals surface area contributed by atoms with Crippen LogP contribution in [0.25, 0.3) is 0 Å². The van der Waals surface area contributed by atoms with E-state index in [2.05, 4.69) is 29.3 Å². The van der Waals surface area contributed by atoms with Gasteiger partial charge in [0.25, 0.3) is 0 Å². The Morgan fingerprint density at radius 3 is 2.49 bits per heavy atom. The minimum absolute atomic E-state index is 0.116. The summed E-state index contributed by atoms with van der Waals surface area (Å²) in [7, 11) is 0. The highest BCUT2D eigenvalue weighted by Gasteiger charge is 2.33. The van der Waals surface area contributed by atoms with Crippen LogP contribution in [0.2, 0.25) is 5.02 Å². The first-order valence-corrected chi connectivity index (χ1v) is 14.2. The van der Waals surface area contributed by atoms with Gasteiger partial charge in [0.2, 0.25) is 5.91 Å². The minimum atomic E-state index is -0.296. The molecule has 0 bridgehead atoms. The van der Waals surface area contributed by atoms with Crippen LogP contribution in [0.4, 0.5) is 5.13 Å².